The molecule has 0 bridgehead atoms. The average Bonchev–Trinajstić information content (AvgIpc) is 3.50. The van der Waals surface area contributed by atoms with Crippen LogP contribution in [0.15, 0.2) is 146 Å². The van der Waals surface area contributed by atoms with Crippen LogP contribution in [0, 0.1) is 41.5 Å². The second-order valence-corrected chi connectivity index (χ2v) is 14.9. The molecule has 0 amide bonds. The third-order valence-corrected chi connectivity index (χ3v) is 10.8. The van der Waals surface area contributed by atoms with Gasteiger partial charge in [0.1, 0.15) is 0 Å². The van der Waals surface area contributed by atoms with Crippen molar-refractivity contribution in [3.63, 3.8) is 0 Å². The van der Waals surface area contributed by atoms with Crippen molar-refractivity contribution in [3.05, 3.63) is 179 Å². The Kier molecular flexibility index (Phi) is 8.47. The Bertz CT molecular complexity index is 2820. The van der Waals surface area contributed by atoms with E-state index in [0.717, 1.165) is 33.4 Å². The van der Waals surface area contributed by atoms with E-state index in [1.807, 2.05) is 36.4 Å². The molecule has 0 saturated heterocycles. The van der Waals surface area contributed by atoms with Crippen molar-refractivity contribution in [1.82, 2.24) is 19.5 Å². The Hall–Kier alpha value is -6.65. The fraction of sp³-hybridized carbons (Fsp3) is 0.118. The van der Waals surface area contributed by atoms with E-state index < -0.39 is 0 Å². The summed E-state index contributed by atoms with van der Waals surface area (Å²) in [6.45, 7) is 13.2. The molecule has 0 saturated carbocycles. The van der Waals surface area contributed by atoms with Gasteiger partial charge < -0.3 is 4.57 Å². The number of aryl methyl sites for hydroxylation is 6. The Labute approximate surface area is 322 Å². The van der Waals surface area contributed by atoms with Crippen LogP contribution in [0.25, 0.3) is 83.9 Å². The van der Waals surface area contributed by atoms with Crippen LogP contribution in [-0.2, 0) is 0 Å². The smallest absolute Gasteiger partial charge is 0.166 e. The molecule has 2 heterocycles. The van der Waals surface area contributed by atoms with E-state index in [1.54, 1.807) is 0 Å². The molecule has 0 aliphatic carbocycles. The summed E-state index contributed by atoms with van der Waals surface area (Å²) in [7, 11) is 0. The molecule has 0 aliphatic heterocycles. The van der Waals surface area contributed by atoms with Crippen molar-refractivity contribution >= 4 is 21.8 Å². The Morgan fingerprint density at radius 1 is 0.364 bits per heavy atom. The van der Waals surface area contributed by atoms with E-state index in [4.69, 9.17) is 15.0 Å². The molecule has 266 valence electrons. The molecule has 4 nitrogen and oxygen atoms in total. The van der Waals surface area contributed by atoms with Crippen LogP contribution in [-0.4, -0.2) is 19.5 Å². The highest BCUT2D eigenvalue weighted by molar-refractivity contribution is 6.12. The molecular weight excluding hydrogens is 669 g/mol. The molecule has 9 rings (SSSR count). The van der Waals surface area contributed by atoms with Crippen molar-refractivity contribution in [1.29, 1.82) is 0 Å². The fourth-order valence-electron chi connectivity index (χ4n) is 8.65. The van der Waals surface area contributed by atoms with Gasteiger partial charge in [0.05, 0.1) is 16.7 Å². The number of nitrogens with zero attached hydrogens (tertiary/aromatic N) is 4. The van der Waals surface area contributed by atoms with Gasteiger partial charge in [-0.05, 0) is 116 Å². The number of aromatic nitrogens is 4. The molecule has 0 radical (unpaired) electrons. The Balaban J connectivity index is 1.34. The normalized spacial score (nSPS) is 11.5. The summed E-state index contributed by atoms with van der Waals surface area (Å²) >= 11 is 0. The lowest BCUT2D eigenvalue weighted by Gasteiger charge is -2.16. The zero-order valence-electron chi connectivity index (χ0n) is 32.1. The second kappa shape index (κ2) is 13.6. The van der Waals surface area contributed by atoms with Crippen LogP contribution in [0.3, 0.4) is 0 Å². The standard InChI is InChI=1S/C51H42N4/c1-31-25-33(3)47(34(4)26-31)39-22-24-45-43(29-39)41-23-21-40(48-35(5)27-32(2)28-36(48)6)30-46(41)55(45)44-20-14-13-19-42(44)51-53-49(37-15-9-7-10-16-37)52-50(54-51)38-17-11-8-12-18-38/h7-30H,1-6H3. The minimum absolute atomic E-state index is 0.627. The van der Waals surface area contributed by atoms with Gasteiger partial charge in [0.15, 0.2) is 17.5 Å². The summed E-state index contributed by atoms with van der Waals surface area (Å²) in [6, 6.07) is 51.9. The van der Waals surface area contributed by atoms with Gasteiger partial charge in [-0.2, -0.15) is 0 Å². The highest BCUT2D eigenvalue weighted by atomic mass is 15.1. The third-order valence-electron chi connectivity index (χ3n) is 10.8. The van der Waals surface area contributed by atoms with Gasteiger partial charge in [-0.1, -0.05) is 126 Å². The molecule has 0 aliphatic rings. The second-order valence-electron chi connectivity index (χ2n) is 14.9. The number of para-hydroxylation sites is 1. The molecule has 9 aromatic rings. The number of benzene rings is 7. The molecular formula is C51H42N4. The van der Waals surface area contributed by atoms with Crippen molar-refractivity contribution in [3.8, 4) is 62.1 Å². The molecule has 7 aromatic carbocycles. The lowest BCUT2D eigenvalue weighted by atomic mass is 9.92. The molecule has 0 fully saturated rings. The lowest BCUT2D eigenvalue weighted by molar-refractivity contribution is 1.06. The first kappa shape index (κ1) is 34.1. The van der Waals surface area contributed by atoms with Crippen LogP contribution >= 0.6 is 0 Å². The number of fused-ring (bicyclic) bond motifs is 3. The van der Waals surface area contributed by atoms with E-state index in [9.17, 15) is 0 Å². The topological polar surface area (TPSA) is 43.6 Å². The largest absolute Gasteiger partial charge is 0.308 e. The van der Waals surface area contributed by atoms with E-state index in [1.165, 1.54) is 66.4 Å². The van der Waals surface area contributed by atoms with Crippen molar-refractivity contribution in [2.75, 3.05) is 0 Å². The maximum atomic E-state index is 5.17. The van der Waals surface area contributed by atoms with Crippen molar-refractivity contribution in [2.24, 2.45) is 0 Å². The third kappa shape index (κ3) is 6.10. The summed E-state index contributed by atoms with van der Waals surface area (Å²) in [5.74, 6) is 1.91. The molecule has 0 spiro atoms. The molecule has 55 heavy (non-hydrogen) atoms. The van der Waals surface area contributed by atoms with Crippen LogP contribution < -0.4 is 0 Å². The molecule has 2 aromatic heterocycles. The van der Waals surface area contributed by atoms with Gasteiger partial charge in [-0.25, -0.2) is 15.0 Å². The first-order valence-corrected chi connectivity index (χ1v) is 18.9. The maximum Gasteiger partial charge on any atom is 0.166 e. The predicted molar refractivity (Wildman–Crippen MR) is 230 cm³/mol. The number of rotatable bonds is 6. The van der Waals surface area contributed by atoms with E-state index in [0.29, 0.717) is 17.5 Å². The highest BCUT2D eigenvalue weighted by Crippen LogP contribution is 2.41. The summed E-state index contributed by atoms with van der Waals surface area (Å²) in [4.78, 5) is 15.3. The summed E-state index contributed by atoms with van der Waals surface area (Å²) < 4.78 is 2.41. The van der Waals surface area contributed by atoms with E-state index in [2.05, 4.69) is 155 Å². The monoisotopic (exact) mass is 710 g/mol. The number of hydrogen-bond acceptors (Lipinski definition) is 3. The number of hydrogen-bond donors (Lipinski definition) is 0. The highest BCUT2D eigenvalue weighted by Gasteiger charge is 2.21. The van der Waals surface area contributed by atoms with Crippen LogP contribution in [0.2, 0.25) is 0 Å². The van der Waals surface area contributed by atoms with Gasteiger partial charge >= 0.3 is 0 Å². The summed E-state index contributed by atoms with van der Waals surface area (Å²) in [5.41, 5.74) is 18.8. The quantitative estimate of drug-likeness (QED) is 0.173. The average molecular weight is 711 g/mol. The minimum atomic E-state index is 0.627. The lowest BCUT2D eigenvalue weighted by Crippen LogP contribution is -2.03. The first-order chi connectivity index (χ1) is 26.7. The zero-order valence-corrected chi connectivity index (χ0v) is 32.1. The molecule has 0 N–H and O–H groups in total. The van der Waals surface area contributed by atoms with E-state index in [-0.39, 0.29) is 0 Å². The van der Waals surface area contributed by atoms with Crippen LogP contribution in [0.4, 0.5) is 0 Å². The zero-order chi connectivity index (χ0) is 37.8. The first-order valence-electron chi connectivity index (χ1n) is 18.9. The van der Waals surface area contributed by atoms with Gasteiger partial charge in [0.25, 0.3) is 0 Å². The minimum Gasteiger partial charge on any atom is -0.308 e. The van der Waals surface area contributed by atoms with Gasteiger partial charge in [0.2, 0.25) is 0 Å². The SMILES string of the molecule is Cc1cc(C)c(-c2ccc3c(c2)c2ccc(-c4c(C)cc(C)cc4C)cc2n3-c2ccccc2-c2nc(-c3ccccc3)nc(-c3ccccc3)n2)c(C)c1. The van der Waals surface area contributed by atoms with Crippen LogP contribution in [0.5, 0.6) is 0 Å². The van der Waals surface area contributed by atoms with Gasteiger partial charge in [0, 0.05) is 27.5 Å². The summed E-state index contributed by atoms with van der Waals surface area (Å²) in [6.07, 6.45) is 0. The molecule has 0 atom stereocenters. The van der Waals surface area contributed by atoms with Crippen molar-refractivity contribution < 1.29 is 0 Å². The Morgan fingerprint density at radius 3 is 1.40 bits per heavy atom. The van der Waals surface area contributed by atoms with E-state index >= 15 is 0 Å². The predicted octanol–water partition coefficient (Wildman–Crippen LogP) is 13.2. The molecule has 4 heteroatoms. The van der Waals surface area contributed by atoms with Gasteiger partial charge in [-0.3, -0.25) is 0 Å². The van der Waals surface area contributed by atoms with Crippen LogP contribution in [0.1, 0.15) is 33.4 Å². The fourth-order valence-corrected chi connectivity index (χ4v) is 8.65. The van der Waals surface area contributed by atoms with Gasteiger partial charge in [-0.15, -0.1) is 0 Å². The molecule has 0 unspecified atom stereocenters. The van der Waals surface area contributed by atoms with Crippen molar-refractivity contribution in [2.45, 2.75) is 41.5 Å². The summed E-state index contributed by atoms with van der Waals surface area (Å²) in [5, 5.41) is 2.40. The Morgan fingerprint density at radius 2 is 0.836 bits per heavy atom. The maximum absolute atomic E-state index is 5.17.